The van der Waals surface area contributed by atoms with Crippen LogP contribution in [-0.4, -0.2) is 80.2 Å². The van der Waals surface area contributed by atoms with Crippen molar-refractivity contribution in [2.24, 2.45) is 12.8 Å². The number of aliphatic hydroxyl groups excluding tert-OH is 1. The molecule has 4 aromatic rings. The molecule has 42 heavy (non-hydrogen) atoms. The molecule has 0 radical (unpaired) electrons. The number of alkyl halides is 2. The molecule has 0 bridgehead atoms. The number of fused-ring (bicyclic) bond motifs is 1. The average molecular weight is 582 g/mol. The van der Waals surface area contributed by atoms with Gasteiger partial charge in [-0.15, -0.1) is 0 Å². The molecule has 3 heterocycles. The number of halogens is 2. The monoisotopic (exact) mass is 581 g/mol. The molecule has 1 unspecified atom stereocenters. The normalized spacial score (nSPS) is 16.3. The quantitative estimate of drug-likeness (QED) is 0.324. The maximum absolute atomic E-state index is 13.0. The molecular weight excluding hydrogens is 548 g/mol. The number of aryl methyl sites for hydroxylation is 1. The van der Waals surface area contributed by atoms with E-state index in [0.29, 0.717) is 42.0 Å². The summed E-state index contributed by atoms with van der Waals surface area (Å²) in [6.45, 7) is 2.23. The number of piperazine rings is 1. The fourth-order valence-corrected chi connectivity index (χ4v) is 5.34. The second-order valence-electron chi connectivity index (χ2n) is 10.5. The fourth-order valence-electron chi connectivity index (χ4n) is 5.34. The van der Waals surface area contributed by atoms with E-state index in [2.05, 4.69) is 9.97 Å². The largest absolute Gasteiger partial charge is 0.434 e. The van der Waals surface area contributed by atoms with Crippen molar-refractivity contribution in [1.29, 1.82) is 0 Å². The summed E-state index contributed by atoms with van der Waals surface area (Å²) >= 11 is 0. The number of hydrogen-bond acceptors (Lipinski definition) is 8. The number of aliphatic hydroxyl groups is 1. The molecule has 0 spiro atoms. The summed E-state index contributed by atoms with van der Waals surface area (Å²) in [5.74, 6) is 0.191. The fraction of sp³-hybridized carbons (Fsp3) is 0.379. The Hall–Kier alpha value is -4.36. The Labute approximate surface area is 240 Å². The van der Waals surface area contributed by atoms with Crippen LogP contribution >= 0.6 is 0 Å². The second kappa shape index (κ2) is 11.9. The van der Waals surface area contributed by atoms with Crippen LogP contribution in [0.25, 0.3) is 22.0 Å². The van der Waals surface area contributed by atoms with Gasteiger partial charge in [-0.3, -0.25) is 19.0 Å². The molecule has 222 valence electrons. The second-order valence-corrected chi connectivity index (χ2v) is 10.5. The van der Waals surface area contributed by atoms with Crippen LogP contribution in [0.3, 0.4) is 0 Å². The lowest BCUT2D eigenvalue weighted by Gasteiger charge is -2.40. The summed E-state index contributed by atoms with van der Waals surface area (Å²) in [5, 5.41) is 10.3. The minimum atomic E-state index is -2.97. The molecule has 2 aromatic carbocycles. The smallest absolute Gasteiger partial charge is 0.387 e. The molecular formula is C29H33F2N7O4. The first-order valence-electron chi connectivity index (χ1n) is 13.6. The molecule has 2 atom stereocenters. The molecule has 1 saturated heterocycles. The van der Waals surface area contributed by atoms with Gasteiger partial charge >= 0.3 is 6.61 Å². The lowest BCUT2D eigenvalue weighted by molar-refractivity contribution is -0.142. The first-order chi connectivity index (χ1) is 20.1. The summed E-state index contributed by atoms with van der Waals surface area (Å²) in [4.78, 5) is 38.1. The van der Waals surface area contributed by atoms with Crippen molar-refractivity contribution in [2.75, 3.05) is 31.1 Å². The van der Waals surface area contributed by atoms with Gasteiger partial charge in [0, 0.05) is 62.8 Å². The van der Waals surface area contributed by atoms with Gasteiger partial charge in [0.25, 0.3) is 11.5 Å². The number of anilines is 1. The molecule has 0 aliphatic carbocycles. The molecule has 1 fully saturated rings. The molecule has 1 amide bonds. The van der Waals surface area contributed by atoms with E-state index in [1.165, 1.54) is 10.7 Å². The average Bonchev–Trinajstić information content (AvgIpc) is 3.21. The highest BCUT2D eigenvalue weighted by molar-refractivity contribution is 5.84. The first kappa shape index (κ1) is 29.1. The minimum Gasteiger partial charge on any atom is -0.434 e. The number of rotatable bonds is 8. The topological polar surface area (TPSA) is 132 Å². The first-order valence-corrected chi connectivity index (χ1v) is 13.6. The van der Waals surface area contributed by atoms with E-state index >= 15 is 0 Å². The molecule has 0 saturated carbocycles. The van der Waals surface area contributed by atoms with Gasteiger partial charge < -0.3 is 25.4 Å². The van der Waals surface area contributed by atoms with Crippen molar-refractivity contribution in [3.63, 3.8) is 0 Å². The van der Waals surface area contributed by atoms with Gasteiger partial charge in [0.1, 0.15) is 11.9 Å². The number of nitrogens with two attached hydrogens (primary N) is 1. The SMILES string of the molecule is Cc1ccc(OC(F)F)c(Cn2c3cc(-c4cnc(N5CCN(C(=O)C(O)CN)[C@H](C)C5)nc4)ccc3c(=O)n2C)c1. The lowest BCUT2D eigenvalue weighted by atomic mass is 10.1. The molecule has 1 aliphatic heterocycles. The van der Waals surface area contributed by atoms with Crippen LogP contribution < -0.4 is 20.9 Å². The molecule has 1 aliphatic rings. The Bertz CT molecular complexity index is 1650. The van der Waals surface area contributed by atoms with Crippen molar-refractivity contribution in [3.8, 4) is 16.9 Å². The zero-order valence-electron chi connectivity index (χ0n) is 23.6. The maximum atomic E-state index is 13.0. The van der Waals surface area contributed by atoms with E-state index in [0.717, 1.165) is 16.7 Å². The molecule has 13 heteroatoms. The highest BCUT2D eigenvalue weighted by atomic mass is 19.3. The van der Waals surface area contributed by atoms with Gasteiger partial charge in [-0.25, -0.2) is 9.97 Å². The number of hydrogen-bond donors (Lipinski definition) is 2. The van der Waals surface area contributed by atoms with Crippen LogP contribution in [0, 0.1) is 6.92 Å². The predicted octanol–water partition coefficient (Wildman–Crippen LogP) is 2.11. The third-order valence-electron chi connectivity index (χ3n) is 7.59. The lowest BCUT2D eigenvalue weighted by Crippen LogP contribution is -2.57. The Balaban J connectivity index is 1.40. The molecule has 2 aromatic heterocycles. The van der Waals surface area contributed by atoms with Crippen LogP contribution in [0.4, 0.5) is 14.7 Å². The Morgan fingerprint density at radius 1 is 1.14 bits per heavy atom. The van der Waals surface area contributed by atoms with E-state index in [4.69, 9.17) is 10.5 Å². The number of ether oxygens (including phenoxy) is 1. The summed E-state index contributed by atoms with van der Waals surface area (Å²) in [7, 11) is 1.63. The summed E-state index contributed by atoms with van der Waals surface area (Å²) in [6, 6.07) is 10.2. The zero-order valence-corrected chi connectivity index (χ0v) is 23.6. The van der Waals surface area contributed by atoms with Crippen molar-refractivity contribution < 1.29 is 23.4 Å². The van der Waals surface area contributed by atoms with E-state index in [1.54, 1.807) is 47.2 Å². The number of benzene rings is 2. The molecule has 11 nitrogen and oxygen atoms in total. The summed E-state index contributed by atoms with van der Waals surface area (Å²) in [6.07, 6.45) is 2.19. The number of carbonyl (C=O) groups is 1. The number of nitrogens with zero attached hydrogens (tertiary/aromatic N) is 6. The zero-order chi connectivity index (χ0) is 30.1. The Morgan fingerprint density at radius 2 is 1.88 bits per heavy atom. The van der Waals surface area contributed by atoms with E-state index in [-0.39, 0.29) is 36.3 Å². The summed E-state index contributed by atoms with van der Waals surface area (Å²) < 4.78 is 34.0. The van der Waals surface area contributed by atoms with E-state index < -0.39 is 12.7 Å². The van der Waals surface area contributed by atoms with Gasteiger partial charge in [-0.05, 0) is 37.6 Å². The van der Waals surface area contributed by atoms with Crippen LogP contribution in [0.15, 0.2) is 53.6 Å². The molecule has 3 N–H and O–H groups in total. The van der Waals surface area contributed by atoms with E-state index in [9.17, 15) is 23.5 Å². The highest BCUT2D eigenvalue weighted by Gasteiger charge is 2.31. The van der Waals surface area contributed by atoms with Crippen molar-refractivity contribution in [2.45, 2.75) is 39.1 Å². The number of carbonyl (C=O) groups excluding carboxylic acids is 1. The van der Waals surface area contributed by atoms with Gasteiger partial charge in [0.05, 0.1) is 17.4 Å². The van der Waals surface area contributed by atoms with Gasteiger partial charge in [-0.2, -0.15) is 8.78 Å². The van der Waals surface area contributed by atoms with Crippen LogP contribution in [0.2, 0.25) is 0 Å². The minimum absolute atomic E-state index is 0.0557. The van der Waals surface area contributed by atoms with Crippen LogP contribution in [0.1, 0.15) is 18.1 Å². The van der Waals surface area contributed by atoms with Crippen LogP contribution in [0.5, 0.6) is 5.75 Å². The molecule has 5 rings (SSSR count). The number of aromatic nitrogens is 4. The van der Waals surface area contributed by atoms with E-state index in [1.807, 2.05) is 30.9 Å². The van der Waals surface area contributed by atoms with Gasteiger partial charge in [0.15, 0.2) is 0 Å². The number of amides is 1. The third kappa shape index (κ3) is 5.70. The predicted molar refractivity (Wildman–Crippen MR) is 154 cm³/mol. The van der Waals surface area contributed by atoms with Crippen molar-refractivity contribution in [1.82, 2.24) is 24.2 Å². The van der Waals surface area contributed by atoms with Gasteiger partial charge in [0.2, 0.25) is 5.95 Å². The van der Waals surface area contributed by atoms with Gasteiger partial charge in [-0.1, -0.05) is 23.8 Å². The summed E-state index contributed by atoms with van der Waals surface area (Å²) in [5.41, 5.74) is 8.76. The Kier molecular flexibility index (Phi) is 8.23. The third-order valence-corrected chi connectivity index (χ3v) is 7.59. The highest BCUT2D eigenvalue weighted by Crippen LogP contribution is 2.27. The Morgan fingerprint density at radius 3 is 2.55 bits per heavy atom. The maximum Gasteiger partial charge on any atom is 0.387 e. The van der Waals surface area contributed by atoms with Crippen molar-refractivity contribution in [3.05, 3.63) is 70.3 Å². The van der Waals surface area contributed by atoms with Crippen LogP contribution in [-0.2, 0) is 18.4 Å². The standard InChI is InChI=1S/C29H33F2N7O4/c1-17-4-7-25(42-28(30)31)20(10-17)16-38-23-11-19(5-6-22(23)26(40)35(38)3)21-13-33-29(34-14-21)36-8-9-37(18(2)15-36)27(41)24(39)12-32/h4-7,10-11,13-14,18,24,28,39H,8-9,12,15-16,32H2,1-3H3/t18-,24?/m1/s1. The van der Waals surface area contributed by atoms with Crippen molar-refractivity contribution >= 4 is 22.8 Å².